The minimum atomic E-state index is -0.125. The molecule has 1 aliphatic rings. The predicted octanol–water partition coefficient (Wildman–Crippen LogP) is 2.06. The Labute approximate surface area is 138 Å². The molecule has 0 atom stereocenters. The fourth-order valence-corrected chi connectivity index (χ4v) is 3.21. The van der Waals surface area contributed by atoms with Crippen LogP contribution >= 0.6 is 11.8 Å². The quantitative estimate of drug-likeness (QED) is 0.823. The highest BCUT2D eigenvalue weighted by molar-refractivity contribution is 8.00. The number of aromatic nitrogens is 2. The van der Waals surface area contributed by atoms with Gasteiger partial charge in [0.25, 0.3) is 5.91 Å². The van der Waals surface area contributed by atoms with Crippen molar-refractivity contribution in [2.75, 3.05) is 17.6 Å². The van der Waals surface area contributed by atoms with Crippen LogP contribution in [0, 0.1) is 6.92 Å². The van der Waals surface area contributed by atoms with Crippen molar-refractivity contribution >= 4 is 29.3 Å². The van der Waals surface area contributed by atoms with Gasteiger partial charge in [0.1, 0.15) is 5.82 Å². The molecule has 0 saturated heterocycles. The molecule has 7 heteroatoms. The summed E-state index contributed by atoms with van der Waals surface area (Å²) in [4.78, 5) is 28.8. The zero-order valence-corrected chi connectivity index (χ0v) is 13.7. The molecule has 2 heterocycles. The van der Waals surface area contributed by atoms with E-state index in [1.54, 1.807) is 18.3 Å². The van der Waals surface area contributed by atoms with E-state index in [9.17, 15) is 9.59 Å². The van der Waals surface area contributed by atoms with E-state index in [1.807, 2.05) is 19.2 Å². The third-order valence-electron chi connectivity index (χ3n) is 3.66. The molecular formula is C16H18N4O2S. The number of nitrogens with one attached hydrogen (secondary N) is 2. The predicted molar refractivity (Wildman–Crippen MR) is 89.7 cm³/mol. The number of hydrogen-bond acceptors (Lipinski definition) is 4. The van der Waals surface area contributed by atoms with E-state index in [1.165, 1.54) is 11.8 Å². The number of rotatable bonds is 5. The van der Waals surface area contributed by atoms with E-state index in [4.69, 9.17) is 0 Å². The van der Waals surface area contributed by atoms with Crippen molar-refractivity contribution in [2.24, 2.45) is 0 Å². The number of carbonyl (C=O) groups is 2. The third kappa shape index (κ3) is 3.73. The molecule has 120 valence electrons. The Morgan fingerprint density at radius 2 is 2.35 bits per heavy atom. The summed E-state index contributed by atoms with van der Waals surface area (Å²) in [7, 11) is 0. The fraction of sp³-hybridized carbons (Fsp3) is 0.312. The first kappa shape index (κ1) is 15.6. The molecule has 23 heavy (non-hydrogen) atoms. The SMILES string of the molecule is Cc1nccn1CCCNC(=O)c1ccc2c(c1)NC(=O)CS2. The van der Waals surface area contributed by atoms with E-state index in [0.29, 0.717) is 23.5 Å². The molecule has 0 unspecified atom stereocenters. The average Bonchev–Trinajstić information content (AvgIpc) is 2.95. The van der Waals surface area contributed by atoms with Gasteiger partial charge in [-0.25, -0.2) is 4.98 Å². The molecule has 0 aliphatic carbocycles. The number of nitrogens with zero attached hydrogens (tertiary/aromatic N) is 2. The minimum Gasteiger partial charge on any atom is -0.352 e. The van der Waals surface area contributed by atoms with Crippen molar-refractivity contribution in [3.05, 3.63) is 42.0 Å². The van der Waals surface area contributed by atoms with E-state index in [2.05, 4.69) is 20.2 Å². The molecular weight excluding hydrogens is 312 g/mol. The van der Waals surface area contributed by atoms with Crippen LogP contribution in [0.5, 0.6) is 0 Å². The molecule has 2 N–H and O–H groups in total. The van der Waals surface area contributed by atoms with E-state index < -0.39 is 0 Å². The maximum absolute atomic E-state index is 12.2. The average molecular weight is 330 g/mol. The van der Waals surface area contributed by atoms with Gasteiger partial charge in [-0.1, -0.05) is 0 Å². The number of carbonyl (C=O) groups excluding carboxylic acids is 2. The van der Waals surface area contributed by atoms with Crippen molar-refractivity contribution in [1.29, 1.82) is 0 Å². The van der Waals surface area contributed by atoms with Crippen LogP contribution in [0.1, 0.15) is 22.6 Å². The van der Waals surface area contributed by atoms with Gasteiger partial charge in [-0.15, -0.1) is 11.8 Å². The summed E-state index contributed by atoms with van der Waals surface area (Å²) in [5.74, 6) is 1.24. The Morgan fingerprint density at radius 3 is 3.13 bits per heavy atom. The Hall–Kier alpha value is -2.28. The zero-order valence-electron chi connectivity index (χ0n) is 12.8. The highest BCUT2D eigenvalue weighted by atomic mass is 32.2. The van der Waals surface area contributed by atoms with Gasteiger partial charge < -0.3 is 15.2 Å². The van der Waals surface area contributed by atoms with Crippen molar-refractivity contribution in [1.82, 2.24) is 14.9 Å². The summed E-state index contributed by atoms with van der Waals surface area (Å²) in [6.07, 6.45) is 4.54. The molecule has 1 aromatic heterocycles. The maximum Gasteiger partial charge on any atom is 0.251 e. The van der Waals surface area contributed by atoms with Crippen molar-refractivity contribution < 1.29 is 9.59 Å². The van der Waals surface area contributed by atoms with Crippen LogP contribution in [-0.2, 0) is 11.3 Å². The van der Waals surface area contributed by atoms with Crippen LogP contribution in [0.2, 0.25) is 0 Å². The molecule has 0 saturated carbocycles. The van der Waals surface area contributed by atoms with Gasteiger partial charge in [-0.05, 0) is 31.5 Å². The largest absolute Gasteiger partial charge is 0.352 e. The zero-order chi connectivity index (χ0) is 16.2. The lowest BCUT2D eigenvalue weighted by molar-refractivity contribution is -0.113. The molecule has 6 nitrogen and oxygen atoms in total. The molecule has 0 bridgehead atoms. The summed E-state index contributed by atoms with van der Waals surface area (Å²) in [5, 5.41) is 5.70. The van der Waals surface area contributed by atoms with Gasteiger partial charge in [-0.3, -0.25) is 9.59 Å². The van der Waals surface area contributed by atoms with Gasteiger partial charge in [0, 0.05) is 35.9 Å². The van der Waals surface area contributed by atoms with E-state index >= 15 is 0 Å². The minimum absolute atomic E-state index is 0.0317. The molecule has 0 fully saturated rings. The number of fused-ring (bicyclic) bond motifs is 1. The van der Waals surface area contributed by atoms with Crippen LogP contribution < -0.4 is 10.6 Å². The maximum atomic E-state index is 12.2. The molecule has 0 radical (unpaired) electrons. The summed E-state index contributed by atoms with van der Waals surface area (Å²) in [6, 6.07) is 5.40. The van der Waals surface area contributed by atoms with Gasteiger partial charge in [0.2, 0.25) is 5.91 Å². The number of hydrogen-bond donors (Lipinski definition) is 2. The topological polar surface area (TPSA) is 76.0 Å². The summed E-state index contributed by atoms with van der Waals surface area (Å²) < 4.78 is 2.05. The Balaban J connectivity index is 1.53. The number of benzene rings is 1. The normalized spacial score (nSPS) is 13.3. The number of imidazole rings is 1. The van der Waals surface area contributed by atoms with Crippen LogP contribution in [-0.4, -0.2) is 33.7 Å². The first-order chi connectivity index (χ1) is 11.1. The first-order valence-corrected chi connectivity index (χ1v) is 8.44. The van der Waals surface area contributed by atoms with Crippen molar-refractivity contribution in [3.63, 3.8) is 0 Å². The van der Waals surface area contributed by atoms with Crippen LogP contribution in [0.25, 0.3) is 0 Å². The Bertz CT molecular complexity index is 741. The van der Waals surface area contributed by atoms with Crippen LogP contribution in [0.4, 0.5) is 5.69 Å². The second-order valence-corrected chi connectivity index (χ2v) is 6.34. The summed E-state index contributed by atoms with van der Waals surface area (Å²) in [5.41, 5.74) is 1.28. The fourth-order valence-electron chi connectivity index (χ4n) is 2.42. The van der Waals surface area contributed by atoms with E-state index in [0.717, 1.165) is 23.7 Å². The lowest BCUT2D eigenvalue weighted by atomic mass is 10.2. The van der Waals surface area contributed by atoms with E-state index in [-0.39, 0.29) is 11.8 Å². The van der Waals surface area contributed by atoms with Gasteiger partial charge in [0.05, 0.1) is 11.4 Å². The van der Waals surface area contributed by atoms with Gasteiger partial charge >= 0.3 is 0 Å². The third-order valence-corrected chi connectivity index (χ3v) is 4.73. The molecule has 0 spiro atoms. The number of anilines is 1. The smallest absolute Gasteiger partial charge is 0.251 e. The second-order valence-electron chi connectivity index (χ2n) is 5.33. The van der Waals surface area contributed by atoms with Crippen LogP contribution in [0.3, 0.4) is 0 Å². The van der Waals surface area contributed by atoms with Crippen molar-refractivity contribution in [2.45, 2.75) is 24.8 Å². The molecule has 3 rings (SSSR count). The number of thioether (sulfide) groups is 1. The first-order valence-electron chi connectivity index (χ1n) is 7.46. The lowest BCUT2D eigenvalue weighted by Gasteiger charge is -2.17. The molecule has 2 aromatic rings. The number of amides is 2. The highest BCUT2D eigenvalue weighted by Crippen LogP contribution is 2.31. The second kappa shape index (κ2) is 6.87. The summed E-state index contributed by atoms with van der Waals surface area (Å²) in [6.45, 7) is 3.37. The number of aryl methyl sites for hydroxylation is 2. The monoisotopic (exact) mass is 330 g/mol. The standard InChI is InChI=1S/C16H18N4O2S/c1-11-17-6-8-20(11)7-2-5-18-16(22)12-3-4-14-13(9-12)19-15(21)10-23-14/h3-4,6,8-9H,2,5,7,10H2,1H3,(H,18,22)(H,19,21). The molecule has 2 amide bonds. The van der Waals surface area contributed by atoms with Gasteiger partial charge in [0.15, 0.2) is 0 Å². The van der Waals surface area contributed by atoms with Crippen molar-refractivity contribution in [3.8, 4) is 0 Å². The molecule has 1 aliphatic heterocycles. The molecule has 1 aromatic carbocycles. The van der Waals surface area contributed by atoms with Crippen LogP contribution in [0.15, 0.2) is 35.5 Å². The highest BCUT2D eigenvalue weighted by Gasteiger charge is 2.17. The Kier molecular flexibility index (Phi) is 4.66. The summed E-state index contributed by atoms with van der Waals surface area (Å²) >= 11 is 1.49. The Morgan fingerprint density at radius 1 is 1.48 bits per heavy atom. The van der Waals surface area contributed by atoms with Gasteiger partial charge in [-0.2, -0.15) is 0 Å². The lowest BCUT2D eigenvalue weighted by Crippen LogP contribution is -2.26.